The molecule has 0 aliphatic heterocycles. The fourth-order valence-corrected chi connectivity index (χ4v) is 7.08. The van der Waals surface area contributed by atoms with E-state index in [0.29, 0.717) is 23.9 Å². The first kappa shape index (κ1) is 22.2. The summed E-state index contributed by atoms with van der Waals surface area (Å²) in [5.74, 6) is 2.29. The van der Waals surface area contributed by atoms with Gasteiger partial charge in [-0.15, -0.1) is 0 Å². The molecule has 2 aromatic carbocycles. The number of ether oxygens (including phenoxy) is 1. The predicted octanol–water partition coefficient (Wildman–Crippen LogP) is 5.66. The second-order valence-corrected chi connectivity index (χ2v) is 11.1. The zero-order chi connectivity index (χ0) is 24.0. The number of aromatic amines is 1. The summed E-state index contributed by atoms with van der Waals surface area (Å²) in [6, 6.07) is 17.3. The van der Waals surface area contributed by atoms with Crippen LogP contribution in [-0.4, -0.2) is 28.6 Å². The highest BCUT2D eigenvalue weighted by atomic mass is 16.6. The SMILES string of the molecule is C[C@](Cc1c[nH]c2ccccc12)(NC(=O)OC1C2CC3CC(C2)CC1C3)C(=O)Nc1ccccc1. The molecule has 182 valence electrons. The normalized spacial score (nSPS) is 28.4. The van der Waals surface area contributed by atoms with Crippen LogP contribution in [-0.2, 0) is 16.0 Å². The van der Waals surface area contributed by atoms with E-state index in [1.807, 2.05) is 60.8 Å². The van der Waals surface area contributed by atoms with Crippen molar-refractivity contribution in [1.82, 2.24) is 10.3 Å². The highest BCUT2D eigenvalue weighted by Gasteiger charge is 2.50. The zero-order valence-electron chi connectivity index (χ0n) is 20.1. The molecular formula is C29H33N3O3. The van der Waals surface area contributed by atoms with Crippen LogP contribution in [0.25, 0.3) is 10.9 Å². The Morgan fingerprint density at radius 1 is 0.943 bits per heavy atom. The smallest absolute Gasteiger partial charge is 0.408 e. The number of carbonyl (C=O) groups excluding carboxylic acids is 2. The van der Waals surface area contributed by atoms with Crippen molar-refractivity contribution in [1.29, 1.82) is 0 Å². The molecule has 0 unspecified atom stereocenters. The Morgan fingerprint density at radius 2 is 1.60 bits per heavy atom. The maximum absolute atomic E-state index is 13.6. The fourth-order valence-electron chi connectivity index (χ4n) is 7.08. The molecule has 4 bridgehead atoms. The largest absolute Gasteiger partial charge is 0.446 e. The highest BCUT2D eigenvalue weighted by molar-refractivity contribution is 6.00. The third-order valence-corrected chi connectivity index (χ3v) is 8.51. The van der Waals surface area contributed by atoms with Gasteiger partial charge in [0.05, 0.1) is 0 Å². The van der Waals surface area contributed by atoms with Gasteiger partial charge in [0.1, 0.15) is 11.6 Å². The van der Waals surface area contributed by atoms with Crippen molar-refractivity contribution in [3.05, 3.63) is 66.4 Å². The van der Waals surface area contributed by atoms with Gasteiger partial charge in [0.2, 0.25) is 5.91 Å². The Hall–Kier alpha value is -3.28. The molecule has 6 heteroatoms. The summed E-state index contributed by atoms with van der Waals surface area (Å²) < 4.78 is 6.09. The monoisotopic (exact) mass is 471 g/mol. The Labute approximate surface area is 205 Å². The number of H-pyrrole nitrogens is 1. The number of alkyl carbamates (subject to hydrolysis) is 1. The first-order valence-electron chi connectivity index (χ1n) is 12.9. The third kappa shape index (κ3) is 4.30. The third-order valence-electron chi connectivity index (χ3n) is 8.51. The zero-order valence-corrected chi connectivity index (χ0v) is 20.1. The minimum Gasteiger partial charge on any atom is -0.446 e. The average Bonchev–Trinajstić information content (AvgIpc) is 3.24. The molecule has 3 N–H and O–H groups in total. The standard InChI is InChI=1S/C29H33N3O3/c1-29(27(33)31-23-7-3-2-4-8-23,16-22-17-30-25-10-6-5-9-24(22)25)32-28(34)35-26-20-12-18-11-19(14-20)15-21(26)13-18/h2-10,17-21,26,30H,11-16H2,1H3,(H,31,33)(H,32,34)/t18?,19?,20?,21?,26?,29-/m1/s1. The molecular weight excluding hydrogens is 438 g/mol. The van der Waals surface area contributed by atoms with Crippen molar-refractivity contribution in [2.24, 2.45) is 23.7 Å². The summed E-state index contributed by atoms with van der Waals surface area (Å²) in [7, 11) is 0. The number of fused-ring (bicyclic) bond motifs is 1. The van der Waals surface area contributed by atoms with Crippen molar-refractivity contribution in [2.75, 3.05) is 5.32 Å². The van der Waals surface area contributed by atoms with E-state index in [-0.39, 0.29) is 12.0 Å². The summed E-state index contributed by atoms with van der Waals surface area (Å²) in [5.41, 5.74) is 1.48. The lowest BCUT2D eigenvalue weighted by molar-refractivity contribution is -0.122. The van der Waals surface area contributed by atoms with Gasteiger partial charge in [0.15, 0.2) is 0 Å². The second kappa shape index (κ2) is 8.74. The van der Waals surface area contributed by atoms with Crippen molar-refractivity contribution in [3.8, 4) is 0 Å². The van der Waals surface area contributed by atoms with Gasteiger partial charge in [-0.1, -0.05) is 36.4 Å². The van der Waals surface area contributed by atoms with E-state index in [4.69, 9.17) is 4.74 Å². The number of hydrogen-bond acceptors (Lipinski definition) is 3. The number of rotatable bonds is 6. The summed E-state index contributed by atoms with van der Waals surface area (Å²) in [6.45, 7) is 1.78. The lowest BCUT2D eigenvalue weighted by atomic mass is 9.55. The average molecular weight is 472 g/mol. The Bertz CT molecular complexity index is 1210. The molecule has 3 aromatic rings. The van der Waals surface area contributed by atoms with Gasteiger partial charge in [0, 0.05) is 29.2 Å². The van der Waals surface area contributed by atoms with Gasteiger partial charge in [0.25, 0.3) is 0 Å². The molecule has 0 saturated heterocycles. The minimum atomic E-state index is -1.19. The summed E-state index contributed by atoms with van der Waals surface area (Å²) in [6.07, 6.45) is 7.78. The van der Waals surface area contributed by atoms with E-state index in [2.05, 4.69) is 15.6 Å². The summed E-state index contributed by atoms with van der Waals surface area (Å²) >= 11 is 0. The molecule has 2 amide bonds. The first-order chi connectivity index (χ1) is 17.0. The molecule has 1 aromatic heterocycles. The van der Waals surface area contributed by atoms with E-state index in [0.717, 1.165) is 28.3 Å². The number of para-hydroxylation sites is 2. The lowest BCUT2D eigenvalue weighted by Gasteiger charge is -2.53. The molecule has 0 spiro atoms. The fraction of sp³-hybridized carbons (Fsp3) is 0.448. The molecule has 6 nitrogen and oxygen atoms in total. The van der Waals surface area contributed by atoms with E-state index in [9.17, 15) is 9.59 Å². The predicted molar refractivity (Wildman–Crippen MR) is 136 cm³/mol. The Morgan fingerprint density at radius 3 is 2.31 bits per heavy atom. The van der Waals surface area contributed by atoms with Crippen LogP contribution in [0.2, 0.25) is 0 Å². The van der Waals surface area contributed by atoms with E-state index in [1.165, 1.54) is 32.1 Å². The van der Waals surface area contributed by atoms with Crippen LogP contribution in [0.5, 0.6) is 0 Å². The van der Waals surface area contributed by atoms with Crippen LogP contribution in [0.1, 0.15) is 44.6 Å². The first-order valence-corrected chi connectivity index (χ1v) is 12.9. The molecule has 4 saturated carbocycles. The van der Waals surface area contributed by atoms with E-state index in [1.54, 1.807) is 6.92 Å². The Balaban J connectivity index is 1.23. The van der Waals surface area contributed by atoms with Gasteiger partial charge < -0.3 is 20.4 Å². The summed E-state index contributed by atoms with van der Waals surface area (Å²) in [4.78, 5) is 30.1. The number of hydrogen-bond donors (Lipinski definition) is 3. The lowest BCUT2D eigenvalue weighted by Crippen LogP contribution is -2.58. The van der Waals surface area contributed by atoms with E-state index < -0.39 is 11.6 Å². The number of nitrogens with one attached hydrogen (secondary N) is 3. The maximum atomic E-state index is 13.6. The van der Waals surface area contributed by atoms with Crippen LogP contribution in [0.15, 0.2) is 60.8 Å². The number of carbonyl (C=O) groups is 2. The van der Waals surface area contributed by atoms with E-state index >= 15 is 0 Å². The number of amides is 2. The van der Waals surface area contributed by atoms with Crippen molar-refractivity contribution in [3.63, 3.8) is 0 Å². The minimum absolute atomic E-state index is 0.0303. The maximum Gasteiger partial charge on any atom is 0.408 e. The molecule has 1 heterocycles. The Kier molecular flexibility index (Phi) is 5.54. The topological polar surface area (TPSA) is 83.2 Å². The number of benzene rings is 2. The molecule has 0 radical (unpaired) electrons. The van der Waals surface area contributed by atoms with Crippen LogP contribution < -0.4 is 10.6 Å². The van der Waals surface area contributed by atoms with Crippen molar-refractivity contribution >= 4 is 28.6 Å². The molecule has 4 aliphatic rings. The van der Waals surface area contributed by atoms with Crippen LogP contribution in [0.3, 0.4) is 0 Å². The molecule has 4 aliphatic carbocycles. The molecule has 4 fully saturated rings. The molecule has 35 heavy (non-hydrogen) atoms. The summed E-state index contributed by atoms with van der Waals surface area (Å²) in [5, 5.41) is 7.02. The number of aromatic nitrogens is 1. The highest BCUT2D eigenvalue weighted by Crippen LogP contribution is 2.54. The second-order valence-electron chi connectivity index (χ2n) is 11.1. The van der Waals surface area contributed by atoms with Crippen molar-refractivity contribution in [2.45, 2.75) is 57.1 Å². The van der Waals surface area contributed by atoms with Crippen molar-refractivity contribution < 1.29 is 14.3 Å². The van der Waals surface area contributed by atoms with Gasteiger partial charge >= 0.3 is 6.09 Å². The van der Waals surface area contributed by atoms with Gasteiger partial charge in [-0.3, -0.25) is 4.79 Å². The van der Waals surface area contributed by atoms with Gasteiger partial charge in [-0.2, -0.15) is 0 Å². The van der Waals surface area contributed by atoms with Crippen LogP contribution >= 0.6 is 0 Å². The molecule has 1 atom stereocenters. The quantitative estimate of drug-likeness (QED) is 0.434. The van der Waals surface area contributed by atoms with Gasteiger partial charge in [-0.05, 0) is 86.5 Å². The van der Waals surface area contributed by atoms with Crippen LogP contribution in [0, 0.1) is 23.7 Å². The van der Waals surface area contributed by atoms with Crippen LogP contribution in [0.4, 0.5) is 10.5 Å². The molecule has 7 rings (SSSR count). The van der Waals surface area contributed by atoms with Gasteiger partial charge in [-0.25, -0.2) is 4.79 Å². The number of anilines is 1.